The third-order valence-electron chi connectivity index (χ3n) is 6.66. The van der Waals surface area contributed by atoms with Crippen LogP contribution in [0.15, 0.2) is 48.5 Å². The van der Waals surface area contributed by atoms with Gasteiger partial charge in [-0.25, -0.2) is 4.79 Å². The van der Waals surface area contributed by atoms with Crippen LogP contribution in [0.25, 0.3) is 11.1 Å². The lowest BCUT2D eigenvalue weighted by Gasteiger charge is -2.28. The summed E-state index contributed by atoms with van der Waals surface area (Å²) < 4.78 is 5.53. The van der Waals surface area contributed by atoms with Gasteiger partial charge >= 0.3 is 12.1 Å². The maximum absolute atomic E-state index is 12.7. The number of amides is 2. The summed E-state index contributed by atoms with van der Waals surface area (Å²) in [7, 11) is 0. The zero-order chi connectivity index (χ0) is 24.9. The normalized spacial score (nSPS) is 14.5. The van der Waals surface area contributed by atoms with Crippen molar-refractivity contribution in [3.8, 4) is 11.1 Å². The summed E-state index contributed by atoms with van der Waals surface area (Å²) >= 11 is 0. The first-order chi connectivity index (χ1) is 16.1. The summed E-state index contributed by atoms with van der Waals surface area (Å²) in [6.07, 6.45) is -0.998. The maximum atomic E-state index is 12.7. The highest BCUT2D eigenvalue weighted by atomic mass is 16.5. The molecule has 7 heteroatoms. The van der Waals surface area contributed by atoms with Crippen LogP contribution in [0.1, 0.15) is 57.6 Å². The minimum atomic E-state index is -1.03. The van der Waals surface area contributed by atoms with Crippen molar-refractivity contribution in [2.24, 2.45) is 11.3 Å². The van der Waals surface area contributed by atoms with Crippen molar-refractivity contribution in [2.45, 2.75) is 52.5 Å². The second kappa shape index (κ2) is 10.7. The van der Waals surface area contributed by atoms with Gasteiger partial charge in [-0.1, -0.05) is 76.2 Å². The zero-order valence-corrected chi connectivity index (χ0v) is 20.3. The number of carbonyl (C=O) groups excluding carboxylic acids is 2. The van der Waals surface area contributed by atoms with Gasteiger partial charge in [-0.15, -0.1) is 0 Å². The van der Waals surface area contributed by atoms with Gasteiger partial charge in [-0.3, -0.25) is 9.59 Å². The number of fused-ring (bicyclic) bond motifs is 3. The van der Waals surface area contributed by atoms with Gasteiger partial charge in [-0.2, -0.15) is 0 Å². The smallest absolute Gasteiger partial charge is 0.407 e. The average Bonchev–Trinajstić information content (AvgIpc) is 3.11. The SMILES string of the molecule is CC(CNC(=O)C(CCC(=O)O)NC(=O)OCC1c2ccccc2-c2ccccc21)C(C)(C)C. The van der Waals surface area contributed by atoms with Crippen LogP contribution < -0.4 is 10.6 Å². The molecule has 7 nitrogen and oxygen atoms in total. The van der Waals surface area contributed by atoms with Crippen LogP contribution in [-0.2, 0) is 14.3 Å². The molecule has 0 fully saturated rings. The van der Waals surface area contributed by atoms with Crippen LogP contribution in [0.3, 0.4) is 0 Å². The number of nitrogens with one attached hydrogen (secondary N) is 2. The minimum absolute atomic E-state index is 0.00403. The molecule has 0 bridgehead atoms. The molecule has 0 spiro atoms. The van der Waals surface area contributed by atoms with Crippen LogP contribution in [-0.4, -0.2) is 42.3 Å². The molecule has 0 aliphatic heterocycles. The molecule has 2 aromatic rings. The molecule has 3 N–H and O–H groups in total. The fraction of sp³-hybridized carbons (Fsp3) is 0.444. The molecule has 0 saturated carbocycles. The van der Waals surface area contributed by atoms with Crippen molar-refractivity contribution in [3.63, 3.8) is 0 Å². The van der Waals surface area contributed by atoms with E-state index in [0.717, 1.165) is 22.3 Å². The number of carboxylic acid groups (broad SMARTS) is 1. The summed E-state index contributed by atoms with van der Waals surface area (Å²) in [5.74, 6) is -1.34. The Morgan fingerprint density at radius 1 is 1.00 bits per heavy atom. The lowest BCUT2D eigenvalue weighted by atomic mass is 9.82. The molecule has 0 aromatic heterocycles. The minimum Gasteiger partial charge on any atom is -0.481 e. The van der Waals surface area contributed by atoms with Crippen LogP contribution in [0.4, 0.5) is 4.79 Å². The molecule has 34 heavy (non-hydrogen) atoms. The molecule has 0 saturated heterocycles. The quantitative estimate of drug-likeness (QED) is 0.503. The Labute approximate surface area is 200 Å². The summed E-state index contributed by atoms with van der Waals surface area (Å²) in [6, 6.07) is 15.1. The summed E-state index contributed by atoms with van der Waals surface area (Å²) in [6.45, 7) is 8.83. The predicted molar refractivity (Wildman–Crippen MR) is 130 cm³/mol. The lowest BCUT2D eigenvalue weighted by Crippen LogP contribution is -2.48. The second-order valence-corrected chi connectivity index (χ2v) is 9.97. The van der Waals surface area contributed by atoms with Crippen LogP contribution in [0.2, 0.25) is 0 Å². The molecular formula is C27H34N2O5. The van der Waals surface area contributed by atoms with E-state index in [2.05, 4.69) is 43.5 Å². The number of carboxylic acids is 1. The van der Waals surface area contributed by atoms with Crippen LogP contribution >= 0.6 is 0 Å². The van der Waals surface area contributed by atoms with Gasteiger partial charge in [-0.05, 0) is 40.0 Å². The van der Waals surface area contributed by atoms with Crippen molar-refractivity contribution in [1.29, 1.82) is 0 Å². The Bertz CT molecular complexity index is 998. The second-order valence-electron chi connectivity index (χ2n) is 9.97. The van der Waals surface area contributed by atoms with Crippen molar-refractivity contribution >= 4 is 18.0 Å². The Morgan fingerprint density at radius 3 is 2.09 bits per heavy atom. The summed E-state index contributed by atoms with van der Waals surface area (Å²) in [4.78, 5) is 36.4. The zero-order valence-electron chi connectivity index (χ0n) is 20.3. The Balaban J connectivity index is 1.63. The molecule has 1 aliphatic carbocycles. The number of rotatable bonds is 9. The monoisotopic (exact) mass is 466 g/mol. The number of hydrogen-bond donors (Lipinski definition) is 3. The maximum Gasteiger partial charge on any atom is 0.407 e. The molecule has 2 amide bonds. The molecule has 3 rings (SSSR count). The third-order valence-corrected chi connectivity index (χ3v) is 6.66. The van der Waals surface area contributed by atoms with E-state index in [-0.39, 0.29) is 36.7 Å². The first-order valence-corrected chi connectivity index (χ1v) is 11.7. The van der Waals surface area contributed by atoms with Crippen molar-refractivity contribution in [3.05, 3.63) is 59.7 Å². The number of alkyl carbamates (subject to hydrolysis) is 1. The predicted octanol–water partition coefficient (Wildman–Crippen LogP) is 4.56. The molecule has 2 atom stereocenters. The van der Waals surface area contributed by atoms with Gasteiger partial charge in [0.15, 0.2) is 0 Å². The van der Waals surface area contributed by atoms with E-state index in [1.165, 1.54) is 0 Å². The Kier molecular flexibility index (Phi) is 7.97. The average molecular weight is 467 g/mol. The summed E-state index contributed by atoms with van der Waals surface area (Å²) in [5.41, 5.74) is 4.43. The number of hydrogen-bond acceptors (Lipinski definition) is 4. The molecule has 2 unspecified atom stereocenters. The third kappa shape index (κ3) is 6.16. The molecular weight excluding hydrogens is 432 g/mol. The molecule has 2 aromatic carbocycles. The number of ether oxygens (including phenoxy) is 1. The van der Waals surface area contributed by atoms with Gasteiger partial charge in [0.05, 0.1) is 0 Å². The van der Waals surface area contributed by atoms with Crippen molar-refractivity contribution in [2.75, 3.05) is 13.2 Å². The van der Waals surface area contributed by atoms with E-state index in [4.69, 9.17) is 9.84 Å². The standard InChI is InChI=1S/C27H34N2O5/c1-17(27(2,3)4)15-28-25(32)23(13-14-24(30)31)29-26(33)34-16-22-20-11-7-5-9-18(20)19-10-6-8-12-21(19)22/h5-12,17,22-23H,13-16H2,1-4H3,(H,28,32)(H,29,33)(H,30,31). The fourth-order valence-electron chi connectivity index (χ4n) is 4.00. The lowest BCUT2D eigenvalue weighted by molar-refractivity contribution is -0.137. The van der Waals surface area contributed by atoms with E-state index in [9.17, 15) is 14.4 Å². The molecule has 1 aliphatic rings. The van der Waals surface area contributed by atoms with E-state index in [1.54, 1.807) is 0 Å². The van der Waals surface area contributed by atoms with Crippen molar-refractivity contribution < 1.29 is 24.2 Å². The van der Waals surface area contributed by atoms with Crippen molar-refractivity contribution in [1.82, 2.24) is 10.6 Å². The van der Waals surface area contributed by atoms with E-state index in [1.807, 2.05) is 43.3 Å². The van der Waals surface area contributed by atoms with Gasteiger partial charge in [0, 0.05) is 18.9 Å². The highest BCUT2D eigenvalue weighted by Crippen LogP contribution is 2.44. The first-order valence-electron chi connectivity index (χ1n) is 11.7. The highest BCUT2D eigenvalue weighted by molar-refractivity contribution is 5.86. The Hall–Kier alpha value is -3.35. The van der Waals surface area contributed by atoms with Gasteiger partial charge in [0.25, 0.3) is 0 Å². The van der Waals surface area contributed by atoms with Crippen LogP contribution in [0.5, 0.6) is 0 Å². The topological polar surface area (TPSA) is 105 Å². The van der Waals surface area contributed by atoms with E-state index in [0.29, 0.717) is 6.54 Å². The first kappa shape index (κ1) is 25.3. The summed E-state index contributed by atoms with van der Waals surface area (Å²) in [5, 5.41) is 14.5. The molecule has 0 heterocycles. The number of benzene rings is 2. The van der Waals surface area contributed by atoms with Gasteiger partial charge < -0.3 is 20.5 Å². The Morgan fingerprint density at radius 2 is 1.56 bits per heavy atom. The van der Waals surface area contributed by atoms with E-state index >= 15 is 0 Å². The number of aliphatic carboxylic acids is 1. The van der Waals surface area contributed by atoms with Crippen LogP contribution in [0, 0.1) is 11.3 Å². The van der Waals surface area contributed by atoms with Gasteiger partial charge in [0.2, 0.25) is 5.91 Å². The fourth-order valence-corrected chi connectivity index (χ4v) is 4.00. The highest BCUT2D eigenvalue weighted by Gasteiger charge is 2.30. The molecule has 0 radical (unpaired) electrons. The van der Waals surface area contributed by atoms with E-state index < -0.39 is 24.0 Å². The number of carbonyl (C=O) groups is 3. The largest absolute Gasteiger partial charge is 0.481 e. The molecule has 182 valence electrons. The van der Waals surface area contributed by atoms with Gasteiger partial charge in [0.1, 0.15) is 12.6 Å².